The van der Waals surface area contributed by atoms with Crippen LogP contribution in [0.2, 0.25) is 0 Å². The summed E-state index contributed by atoms with van der Waals surface area (Å²) in [7, 11) is 0. The molecule has 0 unspecified atom stereocenters. The van der Waals surface area contributed by atoms with E-state index in [-0.39, 0.29) is 11.9 Å². The van der Waals surface area contributed by atoms with Crippen molar-refractivity contribution in [1.82, 2.24) is 10.6 Å². The van der Waals surface area contributed by atoms with E-state index in [4.69, 9.17) is 0 Å². The van der Waals surface area contributed by atoms with E-state index in [9.17, 15) is 4.79 Å². The van der Waals surface area contributed by atoms with Crippen molar-refractivity contribution < 1.29 is 4.79 Å². The third-order valence-electron chi connectivity index (χ3n) is 2.41. The Labute approximate surface area is 83.5 Å². The molecule has 1 aliphatic rings. The third kappa shape index (κ3) is 2.12. The van der Waals surface area contributed by atoms with Crippen LogP contribution in [0, 0.1) is 0 Å². The number of hydrogen-bond donors (Lipinski definition) is 2. The Kier molecular flexibility index (Phi) is 2.79. The van der Waals surface area contributed by atoms with Gasteiger partial charge in [-0.15, -0.1) is 0 Å². The monoisotopic (exact) mass is 190 g/mol. The normalized spacial score (nSPS) is 21.7. The number of amides is 1. The van der Waals surface area contributed by atoms with E-state index in [0.717, 1.165) is 19.5 Å². The molecule has 14 heavy (non-hydrogen) atoms. The molecule has 0 aliphatic carbocycles. The molecule has 3 heteroatoms. The average Bonchev–Trinajstić information content (AvgIpc) is 2.23. The lowest BCUT2D eigenvalue weighted by Crippen LogP contribution is -2.53. The first-order valence-corrected chi connectivity index (χ1v) is 4.91. The van der Waals surface area contributed by atoms with Crippen molar-refractivity contribution in [2.45, 2.75) is 12.5 Å². The van der Waals surface area contributed by atoms with Crippen molar-refractivity contribution in [3.63, 3.8) is 0 Å². The number of piperazine rings is 1. The third-order valence-corrected chi connectivity index (χ3v) is 2.41. The zero-order valence-electron chi connectivity index (χ0n) is 7.99. The molecule has 3 nitrogen and oxygen atoms in total. The Balaban J connectivity index is 2.00. The summed E-state index contributed by atoms with van der Waals surface area (Å²) in [6, 6.07) is 10.0. The Morgan fingerprint density at radius 2 is 2.00 bits per heavy atom. The minimum Gasteiger partial charge on any atom is -0.353 e. The second-order valence-corrected chi connectivity index (χ2v) is 3.49. The molecular weight excluding hydrogens is 176 g/mol. The number of carbonyl (C=O) groups excluding carboxylic acids is 1. The van der Waals surface area contributed by atoms with Gasteiger partial charge < -0.3 is 10.6 Å². The maximum absolute atomic E-state index is 11.4. The zero-order chi connectivity index (χ0) is 9.80. The summed E-state index contributed by atoms with van der Waals surface area (Å²) in [4.78, 5) is 11.4. The summed E-state index contributed by atoms with van der Waals surface area (Å²) < 4.78 is 0. The van der Waals surface area contributed by atoms with Gasteiger partial charge >= 0.3 is 0 Å². The molecule has 0 radical (unpaired) electrons. The highest BCUT2D eigenvalue weighted by Crippen LogP contribution is 2.04. The van der Waals surface area contributed by atoms with Crippen LogP contribution >= 0.6 is 0 Å². The van der Waals surface area contributed by atoms with E-state index >= 15 is 0 Å². The zero-order valence-corrected chi connectivity index (χ0v) is 7.99. The maximum atomic E-state index is 11.4. The highest BCUT2D eigenvalue weighted by molar-refractivity contribution is 5.82. The summed E-state index contributed by atoms with van der Waals surface area (Å²) in [6.07, 6.45) is 0.771. The number of hydrogen-bond acceptors (Lipinski definition) is 2. The van der Waals surface area contributed by atoms with E-state index in [0.29, 0.717) is 0 Å². The second-order valence-electron chi connectivity index (χ2n) is 3.49. The molecule has 0 aromatic heterocycles. The minimum atomic E-state index is -0.0638. The van der Waals surface area contributed by atoms with Crippen LogP contribution in [0.3, 0.4) is 0 Å². The van der Waals surface area contributed by atoms with Gasteiger partial charge in [0.25, 0.3) is 0 Å². The van der Waals surface area contributed by atoms with Crippen LogP contribution in [-0.4, -0.2) is 25.0 Å². The summed E-state index contributed by atoms with van der Waals surface area (Å²) >= 11 is 0. The lowest BCUT2D eigenvalue weighted by Gasteiger charge is -2.23. The predicted octanol–water partition coefficient (Wildman–Crippen LogP) is 0.317. The molecule has 2 rings (SSSR count). The van der Waals surface area contributed by atoms with Crippen LogP contribution in [-0.2, 0) is 11.2 Å². The highest BCUT2D eigenvalue weighted by atomic mass is 16.2. The van der Waals surface area contributed by atoms with E-state index in [1.54, 1.807) is 0 Å². The van der Waals surface area contributed by atoms with Gasteiger partial charge in [-0.05, 0) is 12.0 Å². The van der Waals surface area contributed by atoms with Gasteiger partial charge in [-0.1, -0.05) is 30.3 Å². The van der Waals surface area contributed by atoms with E-state index < -0.39 is 0 Å². The Bertz CT molecular complexity index is 310. The topological polar surface area (TPSA) is 41.1 Å². The van der Waals surface area contributed by atoms with Gasteiger partial charge in [-0.3, -0.25) is 4.79 Å². The van der Waals surface area contributed by atoms with Gasteiger partial charge in [0.1, 0.15) is 0 Å². The van der Waals surface area contributed by atoms with Crippen molar-refractivity contribution in [3.8, 4) is 0 Å². The van der Waals surface area contributed by atoms with Crippen molar-refractivity contribution in [1.29, 1.82) is 0 Å². The number of benzene rings is 1. The second kappa shape index (κ2) is 4.24. The summed E-state index contributed by atoms with van der Waals surface area (Å²) in [6.45, 7) is 1.60. The van der Waals surface area contributed by atoms with Crippen molar-refractivity contribution in [2.24, 2.45) is 0 Å². The molecule has 0 saturated carbocycles. The van der Waals surface area contributed by atoms with Gasteiger partial charge in [-0.25, -0.2) is 0 Å². The fraction of sp³-hybridized carbons (Fsp3) is 0.364. The molecule has 2 N–H and O–H groups in total. The first-order valence-electron chi connectivity index (χ1n) is 4.91. The SMILES string of the molecule is O=C1NCCN[C@H]1Cc1ccccc1. The van der Waals surface area contributed by atoms with Gasteiger partial charge in [0.15, 0.2) is 0 Å². The molecule has 1 fully saturated rings. The van der Waals surface area contributed by atoms with E-state index in [1.165, 1.54) is 5.56 Å². The summed E-state index contributed by atoms with van der Waals surface area (Å²) in [5, 5.41) is 6.06. The smallest absolute Gasteiger partial charge is 0.237 e. The summed E-state index contributed by atoms with van der Waals surface area (Å²) in [5.41, 5.74) is 1.20. The quantitative estimate of drug-likeness (QED) is 0.705. The number of rotatable bonds is 2. The first-order chi connectivity index (χ1) is 6.86. The van der Waals surface area contributed by atoms with Crippen LogP contribution < -0.4 is 10.6 Å². The van der Waals surface area contributed by atoms with Gasteiger partial charge in [0.2, 0.25) is 5.91 Å². The lowest BCUT2D eigenvalue weighted by molar-refractivity contribution is -0.124. The Morgan fingerprint density at radius 1 is 1.21 bits per heavy atom. The molecule has 1 atom stereocenters. The van der Waals surface area contributed by atoms with Crippen LogP contribution in [0.1, 0.15) is 5.56 Å². The molecule has 1 aromatic carbocycles. The fourth-order valence-corrected chi connectivity index (χ4v) is 1.66. The van der Waals surface area contributed by atoms with Crippen molar-refractivity contribution in [2.75, 3.05) is 13.1 Å². The molecule has 1 heterocycles. The molecule has 1 aromatic rings. The van der Waals surface area contributed by atoms with Crippen molar-refractivity contribution in [3.05, 3.63) is 35.9 Å². The minimum absolute atomic E-state index is 0.0638. The van der Waals surface area contributed by atoms with Crippen molar-refractivity contribution >= 4 is 5.91 Å². The largest absolute Gasteiger partial charge is 0.353 e. The van der Waals surface area contributed by atoms with Gasteiger partial charge in [0, 0.05) is 13.1 Å². The molecule has 1 aliphatic heterocycles. The lowest BCUT2D eigenvalue weighted by atomic mass is 10.0. The molecule has 74 valence electrons. The molecule has 1 amide bonds. The fourth-order valence-electron chi connectivity index (χ4n) is 1.66. The molecule has 0 spiro atoms. The Morgan fingerprint density at radius 3 is 2.71 bits per heavy atom. The number of nitrogens with one attached hydrogen (secondary N) is 2. The standard InChI is InChI=1S/C11H14N2O/c14-11-10(12-6-7-13-11)8-9-4-2-1-3-5-9/h1-5,10,12H,6-8H2,(H,13,14)/t10-/m0/s1. The molecular formula is C11H14N2O. The average molecular weight is 190 g/mol. The van der Waals surface area contributed by atoms with Crippen LogP contribution in [0.15, 0.2) is 30.3 Å². The van der Waals surface area contributed by atoms with Gasteiger partial charge in [0.05, 0.1) is 6.04 Å². The maximum Gasteiger partial charge on any atom is 0.237 e. The Hall–Kier alpha value is -1.35. The highest BCUT2D eigenvalue weighted by Gasteiger charge is 2.20. The summed E-state index contributed by atoms with van der Waals surface area (Å²) in [5.74, 6) is 0.111. The van der Waals surface area contributed by atoms with Gasteiger partial charge in [-0.2, -0.15) is 0 Å². The van der Waals surface area contributed by atoms with Crippen LogP contribution in [0.25, 0.3) is 0 Å². The van der Waals surface area contributed by atoms with E-state index in [1.807, 2.05) is 30.3 Å². The molecule has 0 bridgehead atoms. The van der Waals surface area contributed by atoms with E-state index in [2.05, 4.69) is 10.6 Å². The molecule has 1 saturated heterocycles. The van der Waals surface area contributed by atoms with Crippen LogP contribution in [0.4, 0.5) is 0 Å². The first kappa shape index (κ1) is 9.21. The predicted molar refractivity (Wildman–Crippen MR) is 54.9 cm³/mol. The van der Waals surface area contributed by atoms with Crippen LogP contribution in [0.5, 0.6) is 0 Å². The number of carbonyl (C=O) groups is 1.